The summed E-state index contributed by atoms with van der Waals surface area (Å²) in [6.07, 6.45) is -0.763. The monoisotopic (exact) mass is 295 g/mol. The lowest BCUT2D eigenvalue weighted by Gasteiger charge is -2.20. The summed E-state index contributed by atoms with van der Waals surface area (Å²) < 4.78 is 0. The molecule has 0 fully saturated rings. The van der Waals surface area contributed by atoms with Crippen molar-refractivity contribution in [3.63, 3.8) is 0 Å². The van der Waals surface area contributed by atoms with Gasteiger partial charge in [-0.15, -0.1) is 11.3 Å². The number of nitrogens with one attached hydrogen (secondary N) is 1. The minimum Gasteiger partial charge on any atom is -0.386 e. The third-order valence-electron chi connectivity index (χ3n) is 2.79. The van der Waals surface area contributed by atoms with Gasteiger partial charge in [-0.1, -0.05) is 29.8 Å². The van der Waals surface area contributed by atoms with Gasteiger partial charge in [0, 0.05) is 5.02 Å². The van der Waals surface area contributed by atoms with Crippen LogP contribution in [0, 0.1) is 0 Å². The maximum atomic E-state index is 11.9. The summed E-state index contributed by atoms with van der Waals surface area (Å²) in [6.45, 7) is 1.77. The summed E-state index contributed by atoms with van der Waals surface area (Å²) in [7, 11) is 0. The van der Waals surface area contributed by atoms with Crippen LogP contribution in [0.5, 0.6) is 0 Å². The summed E-state index contributed by atoms with van der Waals surface area (Å²) in [5.41, 5.74) is 0.725. The zero-order valence-corrected chi connectivity index (χ0v) is 11.9. The minimum atomic E-state index is -0.763. The van der Waals surface area contributed by atoms with Gasteiger partial charge in [0.25, 0.3) is 5.91 Å². The summed E-state index contributed by atoms with van der Waals surface area (Å²) in [4.78, 5) is 12.5. The van der Waals surface area contributed by atoms with E-state index in [9.17, 15) is 9.90 Å². The van der Waals surface area contributed by atoms with Crippen molar-refractivity contribution in [2.45, 2.75) is 19.1 Å². The van der Waals surface area contributed by atoms with Gasteiger partial charge in [-0.3, -0.25) is 4.79 Å². The smallest absolute Gasteiger partial charge is 0.261 e. The van der Waals surface area contributed by atoms with Crippen molar-refractivity contribution in [1.82, 2.24) is 5.32 Å². The summed E-state index contributed by atoms with van der Waals surface area (Å²) in [5, 5.41) is 15.4. The van der Waals surface area contributed by atoms with Gasteiger partial charge in [0.05, 0.1) is 17.0 Å². The Balaban J connectivity index is 2.01. The first-order valence-corrected chi connectivity index (χ1v) is 7.11. The van der Waals surface area contributed by atoms with Gasteiger partial charge >= 0.3 is 0 Å². The van der Waals surface area contributed by atoms with Crippen molar-refractivity contribution >= 4 is 28.8 Å². The van der Waals surface area contributed by atoms with Gasteiger partial charge in [-0.05, 0) is 36.1 Å². The normalized spacial score (nSPS) is 13.8. The highest BCUT2D eigenvalue weighted by molar-refractivity contribution is 7.12. The van der Waals surface area contributed by atoms with E-state index < -0.39 is 6.10 Å². The number of carbonyl (C=O) groups excluding carboxylic acids is 1. The van der Waals surface area contributed by atoms with E-state index in [1.165, 1.54) is 11.3 Å². The molecule has 2 aromatic rings. The molecule has 0 radical (unpaired) electrons. The van der Waals surface area contributed by atoms with E-state index in [4.69, 9.17) is 11.6 Å². The predicted molar refractivity (Wildman–Crippen MR) is 77.7 cm³/mol. The van der Waals surface area contributed by atoms with Crippen LogP contribution in [0.1, 0.15) is 28.3 Å². The van der Waals surface area contributed by atoms with Gasteiger partial charge in [0.15, 0.2) is 0 Å². The number of aliphatic hydroxyl groups excluding tert-OH is 1. The Bertz CT molecular complexity index is 539. The molecule has 0 saturated heterocycles. The summed E-state index contributed by atoms with van der Waals surface area (Å²) in [6, 6.07) is 10.1. The van der Waals surface area contributed by atoms with Crippen molar-refractivity contribution in [2.75, 3.05) is 0 Å². The molecule has 0 aliphatic carbocycles. The van der Waals surface area contributed by atoms with Gasteiger partial charge in [-0.2, -0.15) is 0 Å². The van der Waals surface area contributed by atoms with Crippen molar-refractivity contribution in [2.24, 2.45) is 0 Å². The van der Waals surface area contributed by atoms with Crippen LogP contribution in [0.2, 0.25) is 5.02 Å². The molecule has 19 heavy (non-hydrogen) atoms. The fourth-order valence-corrected chi connectivity index (χ4v) is 2.47. The summed E-state index contributed by atoms with van der Waals surface area (Å²) >= 11 is 7.17. The van der Waals surface area contributed by atoms with Crippen LogP contribution in [0.4, 0.5) is 0 Å². The maximum absolute atomic E-state index is 11.9. The van der Waals surface area contributed by atoms with Gasteiger partial charge in [-0.25, -0.2) is 0 Å². The fourth-order valence-electron chi connectivity index (χ4n) is 1.71. The van der Waals surface area contributed by atoms with Crippen LogP contribution >= 0.6 is 22.9 Å². The van der Waals surface area contributed by atoms with Crippen molar-refractivity contribution in [1.29, 1.82) is 0 Å². The Labute approximate surface area is 120 Å². The number of halogens is 1. The molecule has 0 saturated carbocycles. The Morgan fingerprint density at radius 2 is 2.00 bits per heavy atom. The average Bonchev–Trinajstić information content (AvgIpc) is 2.92. The van der Waals surface area contributed by atoms with E-state index in [2.05, 4.69) is 5.32 Å². The third kappa shape index (κ3) is 3.56. The van der Waals surface area contributed by atoms with Crippen LogP contribution in [-0.2, 0) is 0 Å². The number of hydrogen-bond donors (Lipinski definition) is 2. The van der Waals surface area contributed by atoms with Crippen molar-refractivity contribution in [3.05, 3.63) is 57.2 Å². The van der Waals surface area contributed by atoms with Gasteiger partial charge in [0.2, 0.25) is 0 Å². The fraction of sp³-hybridized carbons (Fsp3) is 0.214. The molecule has 5 heteroatoms. The van der Waals surface area contributed by atoms with Crippen LogP contribution < -0.4 is 5.32 Å². The molecule has 2 atom stereocenters. The molecule has 2 unspecified atom stereocenters. The predicted octanol–water partition coefficient (Wildman–Crippen LogP) is 3.25. The topological polar surface area (TPSA) is 49.3 Å². The lowest BCUT2D eigenvalue weighted by atomic mass is 10.0. The first kappa shape index (κ1) is 14.1. The van der Waals surface area contributed by atoms with E-state index in [0.717, 1.165) is 5.56 Å². The van der Waals surface area contributed by atoms with Crippen LogP contribution in [0.3, 0.4) is 0 Å². The Kier molecular flexibility index (Phi) is 4.58. The molecule has 3 nitrogen and oxygen atoms in total. The highest BCUT2D eigenvalue weighted by Crippen LogP contribution is 2.20. The largest absolute Gasteiger partial charge is 0.386 e. The molecule has 0 aliphatic heterocycles. The zero-order valence-electron chi connectivity index (χ0n) is 10.3. The number of amides is 1. The Morgan fingerprint density at radius 1 is 1.32 bits per heavy atom. The molecule has 1 amide bonds. The zero-order chi connectivity index (χ0) is 13.8. The van der Waals surface area contributed by atoms with Crippen LogP contribution in [0.25, 0.3) is 0 Å². The highest BCUT2D eigenvalue weighted by atomic mass is 35.5. The van der Waals surface area contributed by atoms with Crippen LogP contribution in [-0.4, -0.2) is 17.1 Å². The first-order chi connectivity index (χ1) is 9.08. The second-order valence-corrected chi connectivity index (χ2v) is 5.62. The van der Waals surface area contributed by atoms with E-state index >= 15 is 0 Å². The molecule has 2 N–H and O–H groups in total. The Hall–Kier alpha value is -1.36. The van der Waals surface area contributed by atoms with E-state index in [-0.39, 0.29) is 11.9 Å². The molecule has 1 heterocycles. The molecule has 2 rings (SSSR count). The number of aliphatic hydroxyl groups is 1. The standard InChI is InChI=1S/C14H14ClNO2S/c1-9(16-14(18)12-3-2-8-19-12)13(17)10-4-6-11(15)7-5-10/h2-9,13,17H,1H3,(H,16,18). The second kappa shape index (κ2) is 6.19. The number of benzene rings is 1. The van der Waals surface area contributed by atoms with Crippen molar-refractivity contribution in [3.8, 4) is 0 Å². The molecule has 100 valence electrons. The molecule has 1 aromatic heterocycles. The number of hydrogen-bond acceptors (Lipinski definition) is 3. The van der Waals surface area contributed by atoms with E-state index in [1.807, 2.05) is 11.4 Å². The van der Waals surface area contributed by atoms with Crippen molar-refractivity contribution < 1.29 is 9.90 Å². The van der Waals surface area contributed by atoms with Gasteiger partial charge in [0.1, 0.15) is 0 Å². The summed E-state index contributed by atoms with van der Waals surface area (Å²) in [5.74, 6) is -0.171. The van der Waals surface area contributed by atoms with Crippen LogP contribution in [0.15, 0.2) is 41.8 Å². The second-order valence-electron chi connectivity index (χ2n) is 4.24. The minimum absolute atomic E-state index is 0.171. The number of carbonyl (C=O) groups is 1. The molecule has 0 spiro atoms. The van der Waals surface area contributed by atoms with E-state index in [1.54, 1.807) is 37.3 Å². The Morgan fingerprint density at radius 3 is 2.58 bits per heavy atom. The third-order valence-corrected chi connectivity index (χ3v) is 3.91. The molecule has 0 aliphatic rings. The average molecular weight is 296 g/mol. The lowest BCUT2D eigenvalue weighted by Crippen LogP contribution is -2.36. The lowest BCUT2D eigenvalue weighted by molar-refractivity contribution is 0.0856. The van der Waals surface area contributed by atoms with Gasteiger partial charge < -0.3 is 10.4 Å². The SMILES string of the molecule is CC(NC(=O)c1cccs1)C(O)c1ccc(Cl)cc1. The highest BCUT2D eigenvalue weighted by Gasteiger charge is 2.19. The maximum Gasteiger partial charge on any atom is 0.261 e. The number of rotatable bonds is 4. The number of thiophene rings is 1. The molecular weight excluding hydrogens is 282 g/mol. The first-order valence-electron chi connectivity index (χ1n) is 5.86. The quantitative estimate of drug-likeness (QED) is 0.909. The molecule has 1 aromatic carbocycles. The molecular formula is C14H14ClNO2S. The van der Waals surface area contributed by atoms with E-state index in [0.29, 0.717) is 9.90 Å². The molecule has 0 bridgehead atoms.